The first kappa shape index (κ1) is 13.8. The van der Waals surface area contributed by atoms with Crippen molar-refractivity contribution in [1.29, 1.82) is 0 Å². The maximum absolute atomic E-state index is 11.8. The molecule has 0 saturated heterocycles. The fourth-order valence-corrected chi connectivity index (χ4v) is 1.91. The molecular weight excluding hydrogens is 256 g/mol. The van der Waals surface area contributed by atoms with Crippen LogP contribution in [0.25, 0.3) is 16.8 Å². The molecule has 0 fully saturated rings. The normalized spacial score (nSPS) is 10.7. The smallest absolute Gasteiger partial charge is 0.338 e. The highest BCUT2D eigenvalue weighted by molar-refractivity contribution is 6.00. The second-order valence-electron chi connectivity index (χ2n) is 4.13. The summed E-state index contributed by atoms with van der Waals surface area (Å²) in [6, 6.07) is 11.2. The van der Waals surface area contributed by atoms with Crippen LogP contribution in [0.3, 0.4) is 0 Å². The van der Waals surface area contributed by atoms with Crippen LogP contribution in [0.15, 0.2) is 42.5 Å². The Morgan fingerprint density at radius 1 is 1.00 bits per heavy atom. The molecule has 0 aromatic heterocycles. The monoisotopic (exact) mass is 270 g/mol. The third-order valence-corrected chi connectivity index (χ3v) is 2.92. The second-order valence-corrected chi connectivity index (χ2v) is 4.13. The zero-order valence-corrected chi connectivity index (χ0v) is 11.3. The lowest BCUT2D eigenvalue weighted by atomic mass is 10.0. The largest absolute Gasteiger partial charge is 0.466 e. The molecule has 4 heteroatoms. The lowest BCUT2D eigenvalue weighted by molar-refractivity contribution is -0.134. The van der Waals surface area contributed by atoms with E-state index in [1.54, 1.807) is 12.1 Å². The van der Waals surface area contributed by atoms with Crippen LogP contribution in [0.1, 0.15) is 15.9 Å². The molecule has 0 aliphatic heterocycles. The molecule has 4 nitrogen and oxygen atoms in total. The van der Waals surface area contributed by atoms with Gasteiger partial charge in [0.05, 0.1) is 19.8 Å². The molecule has 102 valence electrons. The lowest BCUT2D eigenvalue weighted by Crippen LogP contribution is -2.04. The van der Waals surface area contributed by atoms with E-state index in [0.717, 1.165) is 10.8 Å². The van der Waals surface area contributed by atoms with E-state index in [9.17, 15) is 9.59 Å². The van der Waals surface area contributed by atoms with Crippen LogP contribution in [0.2, 0.25) is 0 Å². The summed E-state index contributed by atoms with van der Waals surface area (Å²) < 4.78 is 9.31. The standard InChI is InChI=1S/C16H14O4/c1-19-15(17)8-7-13-9-11-5-3-4-6-12(11)10-14(13)16(18)20-2/h3-10H,1-2H3/b8-7+. The lowest BCUT2D eigenvalue weighted by Gasteiger charge is -2.07. The minimum Gasteiger partial charge on any atom is -0.466 e. The maximum Gasteiger partial charge on any atom is 0.338 e. The molecular formula is C16H14O4. The number of ether oxygens (including phenoxy) is 2. The molecule has 0 N–H and O–H groups in total. The van der Waals surface area contributed by atoms with Crippen molar-refractivity contribution in [2.24, 2.45) is 0 Å². The van der Waals surface area contributed by atoms with Gasteiger partial charge in [0.1, 0.15) is 0 Å². The van der Waals surface area contributed by atoms with Crippen LogP contribution in [-0.2, 0) is 14.3 Å². The molecule has 0 bridgehead atoms. The molecule has 0 heterocycles. The van der Waals surface area contributed by atoms with Gasteiger partial charge in [0, 0.05) is 6.08 Å². The van der Waals surface area contributed by atoms with Crippen molar-refractivity contribution < 1.29 is 19.1 Å². The first-order valence-electron chi connectivity index (χ1n) is 6.03. The Hall–Kier alpha value is -2.62. The van der Waals surface area contributed by atoms with E-state index in [1.165, 1.54) is 20.3 Å². The van der Waals surface area contributed by atoms with Crippen LogP contribution in [0, 0.1) is 0 Å². The molecule has 0 atom stereocenters. The average Bonchev–Trinajstić information content (AvgIpc) is 2.50. The predicted octanol–water partition coefficient (Wildman–Crippen LogP) is 2.81. The fraction of sp³-hybridized carbons (Fsp3) is 0.125. The van der Waals surface area contributed by atoms with Crippen molar-refractivity contribution in [2.45, 2.75) is 0 Å². The Bertz CT molecular complexity index is 686. The molecule has 0 aliphatic rings. The number of benzene rings is 2. The number of carbonyl (C=O) groups is 2. The molecule has 0 amide bonds. The van der Waals surface area contributed by atoms with Crippen molar-refractivity contribution in [3.05, 3.63) is 53.6 Å². The van der Waals surface area contributed by atoms with Gasteiger partial charge < -0.3 is 9.47 Å². The van der Waals surface area contributed by atoms with E-state index in [0.29, 0.717) is 11.1 Å². The van der Waals surface area contributed by atoms with E-state index in [4.69, 9.17) is 4.74 Å². The highest BCUT2D eigenvalue weighted by Gasteiger charge is 2.11. The van der Waals surface area contributed by atoms with Crippen LogP contribution in [0.5, 0.6) is 0 Å². The van der Waals surface area contributed by atoms with Crippen LogP contribution in [-0.4, -0.2) is 26.2 Å². The van der Waals surface area contributed by atoms with E-state index in [-0.39, 0.29) is 0 Å². The van der Waals surface area contributed by atoms with Crippen molar-refractivity contribution in [3.8, 4) is 0 Å². The topological polar surface area (TPSA) is 52.6 Å². The SMILES string of the molecule is COC(=O)/C=C/c1cc2ccccc2cc1C(=O)OC. The van der Waals surface area contributed by atoms with Gasteiger partial charge in [-0.15, -0.1) is 0 Å². The van der Waals surface area contributed by atoms with Gasteiger partial charge >= 0.3 is 11.9 Å². The first-order chi connectivity index (χ1) is 9.65. The van der Waals surface area contributed by atoms with Gasteiger partial charge in [-0.2, -0.15) is 0 Å². The third-order valence-electron chi connectivity index (χ3n) is 2.92. The van der Waals surface area contributed by atoms with Gasteiger partial charge in [-0.05, 0) is 34.5 Å². The molecule has 2 aromatic carbocycles. The second kappa shape index (κ2) is 6.02. The molecule has 0 radical (unpaired) electrons. The van der Waals surface area contributed by atoms with Gasteiger partial charge in [0.25, 0.3) is 0 Å². The molecule has 0 unspecified atom stereocenters. The Morgan fingerprint density at radius 3 is 2.25 bits per heavy atom. The van der Waals surface area contributed by atoms with E-state index >= 15 is 0 Å². The summed E-state index contributed by atoms with van der Waals surface area (Å²) in [5, 5.41) is 1.91. The van der Waals surface area contributed by atoms with Gasteiger partial charge in [-0.25, -0.2) is 9.59 Å². The average molecular weight is 270 g/mol. The minimum atomic E-state index is -0.478. The maximum atomic E-state index is 11.8. The summed E-state index contributed by atoms with van der Waals surface area (Å²) >= 11 is 0. The Morgan fingerprint density at radius 2 is 1.65 bits per heavy atom. The van der Waals surface area contributed by atoms with Crippen molar-refractivity contribution in [2.75, 3.05) is 14.2 Å². The van der Waals surface area contributed by atoms with Gasteiger partial charge in [-0.1, -0.05) is 24.3 Å². The van der Waals surface area contributed by atoms with Crippen LogP contribution in [0.4, 0.5) is 0 Å². The summed E-state index contributed by atoms with van der Waals surface area (Å²) in [6.07, 6.45) is 2.82. The molecule has 0 saturated carbocycles. The highest BCUT2D eigenvalue weighted by atomic mass is 16.5. The Kier molecular flexibility index (Phi) is 4.15. The number of hydrogen-bond acceptors (Lipinski definition) is 4. The first-order valence-corrected chi connectivity index (χ1v) is 6.03. The number of rotatable bonds is 3. The molecule has 2 rings (SSSR count). The van der Waals surface area contributed by atoms with E-state index in [2.05, 4.69) is 4.74 Å². The number of hydrogen-bond donors (Lipinski definition) is 0. The van der Waals surface area contributed by atoms with Gasteiger partial charge in [0.15, 0.2) is 0 Å². The van der Waals surface area contributed by atoms with Crippen molar-refractivity contribution >= 4 is 28.8 Å². The summed E-state index contributed by atoms with van der Waals surface area (Å²) in [6.45, 7) is 0. The predicted molar refractivity (Wildman–Crippen MR) is 76.3 cm³/mol. The van der Waals surface area contributed by atoms with E-state index in [1.807, 2.05) is 30.3 Å². The zero-order chi connectivity index (χ0) is 14.5. The number of methoxy groups -OCH3 is 2. The molecule has 0 aliphatic carbocycles. The number of esters is 2. The van der Waals surface area contributed by atoms with E-state index < -0.39 is 11.9 Å². The van der Waals surface area contributed by atoms with Crippen LogP contribution < -0.4 is 0 Å². The molecule has 2 aromatic rings. The zero-order valence-electron chi connectivity index (χ0n) is 11.3. The summed E-state index contributed by atoms with van der Waals surface area (Å²) in [4.78, 5) is 23.0. The molecule has 20 heavy (non-hydrogen) atoms. The van der Waals surface area contributed by atoms with Gasteiger partial charge in [0.2, 0.25) is 0 Å². The van der Waals surface area contributed by atoms with Crippen LogP contribution >= 0.6 is 0 Å². The summed E-state index contributed by atoms with van der Waals surface area (Å²) in [5.74, 6) is -0.922. The Balaban J connectivity index is 2.57. The van der Waals surface area contributed by atoms with Crippen molar-refractivity contribution in [3.63, 3.8) is 0 Å². The Labute approximate surface area is 116 Å². The van der Waals surface area contributed by atoms with Gasteiger partial charge in [-0.3, -0.25) is 0 Å². The minimum absolute atomic E-state index is 0.409. The number of fused-ring (bicyclic) bond motifs is 1. The third kappa shape index (κ3) is 2.85. The quantitative estimate of drug-likeness (QED) is 0.635. The highest BCUT2D eigenvalue weighted by Crippen LogP contribution is 2.22. The summed E-state index contributed by atoms with van der Waals surface area (Å²) in [7, 11) is 2.62. The number of carbonyl (C=O) groups excluding carboxylic acids is 2. The van der Waals surface area contributed by atoms with Crippen molar-refractivity contribution in [1.82, 2.24) is 0 Å². The summed E-state index contributed by atoms with van der Waals surface area (Å²) in [5.41, 5.74) is 1.02. The fourth-order valence-electron chi connectivity index (χ4n) is 1.91. The molecule has 0 spiro atoms.